The molecule has 0 N–H and O–H groups in total. The highest BCUT2D eigenvalue weighted by molar-refractivity contribution is 5.93. The third-order valence-corrected chi connectivity index (χ3v) is 2.77. The fraction of sp³-hybridized carbons (Fsp3) is 0.467. The zero-order chi connectivity index (χ0) is 14.6. The smallest absolute Gasteiger partial charge is 0.338 e. The predicted octanol–water partition coefficient (Wildman–Crippen LogP) is 2.52. The number of carbonyl (C=O) groups excluding carboxylic acids is 2. The average Bonchev–Trinajstić information content (AvgIpc) is 2.34. The van der Waals surface area contributed by atoms with Gasteiger partial charge in [0.1, 0.15) is 0 Å². The van der Waals surface area contributed by atoms with Crippen LogP contribution in [0.3, 0.4) is 0 Å². The summed E-state index contributed by atoms with van der Waals surface area (Å²) in [6, 6.07) is 7.11. The van der Waals surface area contributed by atoms with Gasteiger partial charge in [0.2, 0.25) is 0 Å². The summed E-state index contributed by atoms with van der Waals surface area (Å²) in [6.07, 6.45) is 0. The van der Waals surface area contributed by atoms with Crippen LogP contribution in [0.2, 0.25) is 0 Å². The van der Waals surface area contributed by atoms with Gasteiger partial charge < -0.3 is 9.64 Å². The summed E-state index contributed by atoms with van der Waals surface area (Å²) in [4.78, 5) is 25.4. The van der Waals surface area contributed by atoms with Gasteiger partial charge in [0.05, 0.1) is 5.56 Å². The molecule has 0 radical (unpaired) electrons. The molecule has 104 valence electrons. The molecule has 0 aromatic heterocycles. The van der Waals surface area contributed by atoms with E-state index in [2.05, 4.69) is 0 Å². The SMILES string of the molecule is CN(C)c1cccc(C(=O)OCC(=O)C(C)(C)C)c1. The van der Waals surface area contributed by atoms with Crippen molar-refractivity contribution in [2.75, 3.05) is 25.6 Å². The van der Waals surface area contributed by atoms with Gasteiger partial charge in [0, 0.05) is 25.2 Å². The minimum Gasteiger partial charge on any atom is -0.454 e. The molecule has 0 atom stereocenters. The second-order valence-corrected chi connectivity index (χ2v) is 5.69. The van der Waals surface area contributed by atoms with E-state index >= 15 is 0 Å². The lowest BCUT2D eigenvalue weighted by Crippen LogP contribution is -2.26. The molecule has 1 aromatic rings. The first kappa shape index (κ1) is 15.2. The summed E-state index contributed by atoms with van der Waals surface area (Å²) in [5.41, 5.74) is 0.871. The third kappa shape index (κ3) is 4.39. The van der Waals surface area contributed by atoms with Crippen molar-refractivity contribution in [1.29, 1.82) is 0 Å². The van der Waals surface area contributed by atoms with Gasteiger partial charge in [-0.25, -0.2) is 4.79 Å². The molecule has 0 aliphatic carbocycles. The van der Waals surface area contributed by atoms with Crippen LogP contribution >= 0.6 is 0 Å². The van der Waals surface area contributed by atoms with Crippen LogP contribution in [0.25, 0.3) is 0 Å². The van der Waals surface area contributed by atoms with Gasteiger partial charge in [-0.05, 0) is 18.2 Å². The molecule has 1 aromatic carbocycles. The van der Waals surface area contributed by atoms with Gasteiger partial charge in [0.15, 0.2) is 12.4 Å². The van der Waals surface area contributed by atoms with Gasteiger partial charge in [-0.3, -0.25) is 4.79 Å². The number of ketones is 1. The van der Waals surface area contributed by atoms with Crippen molar-refractivity contribution >= 4 is 17.4 Å². The molecular weight excluding hydrogens is 242 g/mol. The average molecular weight is 263 g/mol. The number of hydrogen-bond donors (Lipinski definition) is 0. The molecule has 0 amide bonds. The molecule has 1 rings (SSSR count). The van der Waals surface area contributed by atoms with Crippen LogP contribution in [0.1, 0.15) is 31.1 Å². The molecule has 0 heterocycles. The van der Waals surface area contributed by atoms with E-state index in [4.69, 9.17) is 4.74 Å². The number of ether oxygens (including phenoxy) is 1. The van der Waals surface area contributed by atoms with Crippen molar-refractivity contribution in [1.82, 2.24) is 0 Å². The van der Waals surface area contributed by atoms with E-state index in [1.807, 2.05) is 25.1 Å². The van der Waals surface area contributed by atoms with E-state index in [0.717, 1.165) is 5.69 Å². The first-order valence-electron chi connectivity index (χ1n) is 6.19. The molecule has 0 bridgehead atoms. The van der Waals surface area contributed by atoms with Crippen molar-refractivity contribution < 1.29 is 14.3 Å². The number of rotatable bonds is 4. The normalized spacial score (nSPS) is 11.0. The lowest BCUT2D eigenvalue weighted by molar-refractivity contribution is -0.129. The van der Waals surface area contributed by atoms with Crippen LogP contribution in [0.5, 0.6) is 0 Å². The summed E-state index contributed by atoms with van der Waals surface area (Å²) in [6.45, 7) is 5.22. The predicted molar refractivity (Wildman–Crippen MR) is 75.5 cm³/mol. The minimum absolute atomic E-state index is 0.0929. The van der Waals surface area contributed by atoms with Crippen LogP contribution in [0, 0.1) is 5.41 Å². The van der Waals surface area contributed by atoms with Crippen molar-refractivity contribution in [3.63, 3.8) is 0 Å². The Labute approximate surface area is 114 Å². The zero-order valence-electron chi connectivity index (χ0n) is 12.2. The number of hydrogen-bond acceptors (Lipinski definition) is 4. The summed E-state index contributed by atoms with van der Waals surface area (Å²) in [5, 5.41) is 0. The van der Waals surface area contributed by atoms with Gasteiger partial charge in [-0.2, -0.15) is 0 Å². The Kier molecular flexibility index (Phi) is 4.70. The molecule has 4 heteroatoms. The Balaban J connectivity index is 2.69. The number of nitrogens with zero attached hydrogens (tertiary/aromatic N) is 1. The van der Waals surface area contributed by atoms with E-state index in [0.29, 0.717) is 5.56 Å². The van der Waals surface area contributed by atoms with Crippen molar-refractivity contribution in [3.05, 3.63) is 29.8 Å². The summed E-state index contributed by atoms with van der Waals surface area (Å²) < 4.78 is 5.04. The maximum atomic E-state index is 11.9. The van der Waals surface area contributed by atoms with Crippen LogP contribution < -0.4 is 4.90 Å². The third-order valence-electron chi connectivity index (χ3n) is 2.77. The molecule has 19 heavy (non-hydrogen) atoms. The van der Waals surface area contributed by atoms with Crippen molar-refractivity contribution in [2.24, 2.45) is 5.41 Å². The number of benzene rings is 1. The highest BCUT2D eigenvalue weighted by Gasteiger charge is 2.22. The molecule has 0 unspecified atom stereocenters. The van der Waals surface area contributed by atoms with E-state index < -0.39 is 11.4 Å². The largest absolute Gasteiger partial charge is 0.454 e. The van der Waals surface area contributed by atoms with Crippen LogP contribution in [0.15, 0.2) is 24.3 Å². The Morgan fingerprint density at radius 1 is 1.21 bits per heavy atom. The Hall–Kier alpha value is -1.84. The number of carbonyl (C=O) groups is 2. The maximum Gasteiger partial charge on any atom is 0.338 e. The molecular formula is C15H21NO3. The monoisotopic (exact) mass is 263 g/mol. The number of anilines is 1. The fourth-order valence-corrected chi connectivity index (χ4v) is 1.34. The van der Waals surface area contributed by atoms with Gasteiger partial charge in [-0.15, -0.1) is 0 Å². The van der Waals surface area contributed by atoms with E-state index in [9.17, 15) is 9.59 Å². The van der Waals surface area contributed by atoms with Crippen molar-refractivity contribution in [3.8, 4) is 0 Å². The molecule has 0 saturated heterocycles. The van der Waals surface area contributed by atoms with E-state index in [1.54, 1.807) is 39.0 Å². The number of esters is 1. The highest BCUT2D eigenvalue weighted by Crippen LogP contribution is 2.16. The molecule has 0 aliphatic heterocycles. The Morgan fingerprint density at radius 3 is 2.37 bits per heavy atom. The number of Topliss-reactive ketones (excluding diaryl/α,β-unsaturated/α-hetero) is 1. The van der Waals surface area contributed by atoms with E-state index in [1.165, 1.54) is 0 Å². The molecule has 0 spiro atoms. The topological polar surface area (TPSA) is 46.6 Å². The molecule has 0 aliphatic rings. The lowest BCUT2D eigenvalue weighted by atomic mass is 9.91. The Bertz CT molecular complexity index is 473. The van der Waals surface area contributed by atoms with Crippen LogP contribution in [-0.4, -0.2) is 32.5 Å². The summed E-state index contributed by atoms with van der Waals surface area (Å²) in [7, 11) is 3.79. The standard InChI is InChI=1S/C15H21NO3/c1-15(2,3)13(17)10-19-14(18)11-7-6-8-12(9-11)16(4)5/h6-9H,10H2,1-5H3. The summed E-state index contributed by atoms with van der Waals surface area (Å²) in [5.74, 6) is -0.564. The fourth-order valence-electron chi connectivity index (χ4n) is 1.34. The molecule has 0 saturated carbocycles. The minimum atomic E-state index is -0.494. The van der Waals surface area contributed by atoms with Crippen LogP contribution in [-0.2, 0) is 9.53 Å². The molecule has 4 nitrogen and oxygen atoms in total. The first-order chi connectivity index (χ1) is 8.71. The second-order valence-electron chi connectivity index (χ2n) is 5.69. The highest BCUT2D eigenvalue weighted by atomic mass is 16.5. The summed E-state index contributed by atoms with van der Waals surface area (Å²) >= 11 is 0. The van der Waals surface area contributed by atoms with Gasteiger partial charge >= 0.3 is 5.97 Å². The lowest BCUT2D eigenvalue weighted by Gasteiger charge is -2.16. The van der Waals surface area contributed by atoms with Crippen LogP contribution in [0.4, 0.5) is 5.69 Å². The van der Waals surface area contributed by atoms with Crippen molar-refractivity contribution in [2.45, 2.75) is 20.8 Å². The molecule has 0 fully saturated rings. The quantitative estimate of drug-likeness (QED) is 0.783. The van der Waals surface area contributed by atoms with Gasteiger partial charge in [-0.1, -0.05) is 26.8 Å². The maximum absolute atomic E-state index is 11.9. The van der Waals surface area contributed by atoms with Gasteiger partial charge in [0.25, 0.3) is 0 Å². The zero-order valence-corrected chi connectivity index (χ0v) is 12.2. The first-order valence-corrected chi connectivity index (χ1v) is 6.19. The Morgan fingerprint density at radius 2 is 1.84 bits per heavy atom. The second kappa shape index (κ2) is 5.87. The van der Waals surface area contributed by atoms with E-state index in [-0.39, 0.29) is 12.4 Å².